The van der Waals surface area contributed by atoms with Crippen LogP contribution in [-0.4, -0.2) is 24.8 Å². The van der Waals surface area contributed by atoms with Gasteiger partial charge in [-0.15, -0.1) is 0 Å². The predicted octanol–water partition coefficient (Wildman–Crippen LogP) is 4.07. The Bertz CT molecular complexity index is 636. The van der Waals surface area contributed by atoms with Crippen LogP contribution in [0.5, 0.6) is 0 Å². The van der Waals surface area contributed by atoms with E-state index in [9.17, 15) is 9.59 Å². The van der Waals surface area contributed by atoms with Crippen LogP contribution < -0.4 is 11.1 Å². The van der Waals surface area contributed by atoms with Gasteiger partial charge in [-0.1, -0.05) is 20.8 Å². The molecule has 1 heterocycles. The number of nitrogens with one attached hydrogen (secondary N) is 1. The number of carbonyl (C=O) groups excluding carboxylic acids is 2. The lowest BCUT2D eigenvalue weighted by atomic mass is 9.45. The van der Waals surface area contributed by atoms with Gasteiger partial charge in [-0.2, -0.15) is 0 Å². The summed E-state index contributed by atoms with van der Waals surface area (Å²) in [5.74, 6) is 2.05. The highest BCUT2D eigenvalue weighted by molar-refractivity contribution is 5.82. The molecule has 0 aromatic heterocycles. The van der Waals surface area contributed by atoms with E-state index in [-0.39, 0.29) is 17.2 Å². The van der Waals surface area contributed by atoms with Crippen LogP contribution in [0.15, 0.2) is 0 Å². The summed E-state index contributed by atoms with van der Waals surface area (Å²) in [7, 11) is 0. The van der Waals surface area contributed by atoms with Crippen LogP contribution in [0.25, 0.3) is 0 Å². The van der Waals surface area contributed by atoms with E-state index >= 15 is 0 Å². The number of aldehydes is 1. The molecule has 28 heavy (non-hydrogen) atoms. The van der Waals surface area contributed by atoms with E-state index in [4.69, 9.17) is 5.73 Å². The van der Waals surface area contributed by atoms with Crippen LogP contribution in [0, 0.1) is 39.9 Å². The number of fused-ring (bicyclic) bond motifs is 5. The fourth-order valence-corrected chi connectivity index (χ4v) is 8.51. The largest absolute Gasteiger partial charge is 0.369 e. The first-order chi connectivity index (χ1) is 13.3. The SMILES string of the molecule is CC(C=O)CC[C@]1(C(N)=O)CC[C@H]2[C@@H]3CC[C@H]4NCCC[C@]4(C)[C@H]3CC[C@@]21C. The molecule has 0 bridgehead atoms. The van der Waals surface area contributed by atoms with Crippen LogP contribution >= 0.6 is 0 Å². The van der Waals surface area contributed by atoms with Crippen molar-refractivity contribution in [3.63, 3.8) is 0 Å². The molecular formula is C24H40N2O2. The second-order valence-electron chi connectivity index (χ2n) is 11.2. The van der Waals surface area contributed by atoms with Crippen LogP contribution in [0.1, 0.15) is 85.0 Å². The molecule has 4 aliphatic rings. The van der Waals surface area contributed by atoms with E-state index in [1.807, 2.05) is 6.92 Å². The lowest BCUT2D eigenvalue weighted by molar-refractivity contribution is -0.148. The predicted molar refractivity (Wildman–Crippen MR) is 112 cm³/mol. The molecule has 158 valence electrons. The summed E-state index contributed by atoms with van der Waals surface area (Å²) < 4.78 is 0. The van der Waals surface area contributed by atoms with Crippen LogP contribution in [0.2, 0.25) is 0 Å². The third-order valence-corrected chi connectivity index (χ3v) is 10.2. The van der Waals surface area contributed by atoms with Crippen LogP contribution in [0.3, 0.4) is 0 Å². The summed E-state index contributed by atoms with van der Waals surface area (Å²) >= 11 is 0. The Morgan fingerprint density at radius 3 is 2.61 bits per heavy atom. The van der Waals surface area contributed by atoms with Crippen molar-refractivity contribution in [2.75, 3.05) is 6.54 Å². The quantitative estimate of drug-likeness (QED) is 0.697. The Morgan fingerprint density at radius 1 is 1.14 bits per heavy atom. The molecular weight excluding hydrogens is 348 g/mol. The number of piperidine rings is 1. The van der Waals surface area contributed by atoms with Gasteiger partial charge < -0.3 is 15.8 Å². The van der Waals surface area contributed by atoms with Crippen molar-refractivity contribution in [3.05, 3.63) is 0 Å². The van der Waals surface area contributed by atoms with Gasteiger partial charge in [-0.3, -0.25) is 4.79 Å². The zero-order valence-electron chi connectivity index (χ0n) is 18.1. The number of primary amides is 1. The normalized spacial score (nSPS) is 48.8. The Morgan fingerprint density at radius 2 is 1.89 bits per heavy atom. The first-order valence-electron chi connectivity index (χ1n) is 11.8. The first-order valence-corrected chi connectivity index (χ1v) is 11.8. The van der Waals surface area contributed by atoms with Crippen molar-refractivity contribution in [1.82, 2.24) is 5.32 Å². The van der Waals surface area contributed by atoms with Crippen molar-refractivity contribution in [1.29, 1.82) is 0 Å². The molecule has 0 spiro atoms. The molecule has 1 aliphatic heterocycles. The third-order valence-electron chi connectivity index (χ3n) is 10.2. The summed E-state index contributed by atoms with van der Waals surface area (Å²) in [5, 5.41) is 3.83. The minimum absolute atomic E-state index is 0.00783. The Balaban J connectivity index is 1.62. The molecule has 3 aliphatic carbocycles. The van der Waals surface area contributed by atoms with Gasteiger partial charge in [0.05, 0.1) is 5.41 Å². The van der Waals surface area contributed by atoms with Crippen molar-refractivity contribution < 1.29 is 9.59 Å². The molecule has 1 amide bonds. The van der Waals surface area contributed by atoms with Gasteiger partial charge in [0.1, 0.15) is 6.29 Å². The number of hydrogen-bond donors (Lipinski definition) is 2. The van der Waals surface area contributed by atoms with E-state index < -0.39 is 5.41 Å². The zero-order valence-corrected chi connectivity index (χ0v) is 18.1. The summed E-state index contributed by atoms with van der Waals surface area (Å²) in [5.41, 5.74) is 6.13. The molecule has 1 saturated heterocycles. The van der Waals surface area contributed by atoms with Crippen molar-refractivity contribution in [2.45, 2.75) is 91.0 Å². The lowest BCUT2D eigenvalue weighted by Crippen LogP contribution is -2.61. The molecule has 0 radical (unpaired) electrons. The minimum Gasteiger partial charge on any atom is -0.369 e. The molecule has 4 rings (SSSR count). The summed E-state index contributed by atoms with van der Waals surface area (Å²) in [6.45, 7) is 8.07. The molecule has 4 fully saturated rings. The van der Waals surface area contributed by atoms with Gasteiger partial charge in [0.2, 0.25) is 5.91 Å². The van der Waals surface area contributed by atoms with Gasteiger partial charge in [0, 0.05) is 12.0 Å². The fourth-order valence-electron chi connectivity index (χ4n) is 8.51. The smallest absolute Gasteiger partial charge is 0.224 e. The number of hydrogen-bond acceptors (Lipinski definition) is 3. The van der Waals surface area contributed by atoms with Crippen molar-refractivity contribution in [2.24, 2.45) is 45.7 Å². The standard InChI is InChI=1S/C24H40N2O2/c1-16(15-27)7-12-24(21(25)28)13-9-19-17-5-6-20-22(2,10-4-14-26-20)18(17)8-11-23(19,24)3/h15-20,26H,4-14H2,1-3H3,(H2,25,28)/t16?,17-,18+,19+,20-,22-,23+,24-/m1/s1. The average Bonchev–Trinajstić information content (AvgIpc) is 2.99. The van der Waals surface area contributed by atoms with Crippen molar-refractivity contribution in [3.8, 4) is 0 Å². The molecule has 3 N–H and O–H groups in total. The van der Waals surface area contributed by atoms with E-state index in [0.717, 1.165) is 50.2 Å². The van der Waals surface area contributed by atoms with E-state index in [0.29, 0.717) is 17.4 Å². The monoisotopic (exact) mass is 388 g/mol. The van der Waals surface area contributed by atoms with Crippen LogP contribution in [0.4, 0.5) is 0 Å². The second kappa shape index (κ2) is 7.11. The maximum Gasteiger partial charge on any atom is 0.224 e. The minimum atomic E-state index is -0.414. The number of rotatable bonds is 5. The first kappa shape index (κ1) is 20.4. The van der Waals surface area contributed by atoms with Gasteiger partial charge in [0.25, 0.3) is 0 Å². The van der Waals surface area contributed by atoms with Gasteiger partial charge in [0.15, 0.2) is 0 Å². The summed E-state index contributed by atoms with van der Waals surface area (Å²) in [4.78, 5) is 24.0. The highest BCUT2D eigenvalue weighted by Crippen LogP contribution is 2.70. The maximum absolute atomic E-state index is 12.9. The van der Waals surface area contributed by atoms with Gasteiger partial charge >= 0.3 is 0 Å². The van der Waals surface area contributed by atoms with E-state index in [1.165, 1.54) is 38.6 Å². The van der Waals surface area contributed by atoms with E-state index in [2.05, 4.69) is 19.2 Å². The highest BCUT2D eigenvalue weighted by Gasteiger charge is 2.66. The van der Waals surface area contributed by atoms with Gasteiger partial charge in [-0.25, -0.2) is 0 Å². The maximum atomic E-state index is 12.9. The molecule has 4 nitrogen and oxygen atoms in total. The molecule has 8 atom stereocenters. The molecule has 4 heteroatoms. The average molecular weight is 389 g/mol. The Kier molecular flexibility index (Phi) is 5.17. The molecule has 1 unspecified atom stereocenters. The number of amides is 1. The summed E-state index contributed by atoms with van der Waals surface area (Å²) in [6, 6.07) is 0.683. The van der Waals surface area contributed by atoms with Crippen LogP contribution in [-0.2, 0) is 9.59 Å². The summed E-state index contributed by atoms with van der Waals surface area (Å²) in [6.07, 6.45) is 12.3. The Labute approximate surface area is 170 Å². The molecule has 0 aromatic rings. The zero-order chi connectivity index (χ0) is 20.2. The molecule has 3 saturated carbocycles. The number of carbonyl (C=O) groups is 2. The number of nitrogens with two attached hydrogens (primary N) is 1. The van der Waals surface area contributed by atoms with Crippen molar-refractivity contribution >= 4 is 12.2 Å². The third kappa shape index (κ3) is 2.73. The fraction of sp³-hybridized carbons (Fsp3) is 0.917. The topological polar surface area (TPSA) is 72.2 Å². The Hall–Kier alpha value is -0.900. The van der Waals surface area contributed by atoms with E-state index in [1.54, 1.807) is 0 Å². The lowest BCUT2D eigenvalue weighted by Gasteiger charge is -2.61. The van der Waals surface area contributed by atoms with Gasteiger partial charge in [-0.05, 0) is 99.3 Å². The molecule has 0 aromatic carbocycles. The second-order valence-corrected chi connectivity index (χ2v) is 11.2. The highest BCUT2D eigenvalue weighted by atomic mass is 16.1.